The molecule has 0 fully saturated rings. The Morgan fingerprint density at radius 3 is 2.85 bits per heavy atom. The van der Waals surface area contributed by atoms with Gasteiger partial charge in [-0.15, -0.1) is 0 Å². The van der Waals surface area contributed by atoms with E-state index >= 15 is 0 Å². The molecule has 0 atom stereocenters. The summed E-state index contributed by atoms with van der Waals surface area (Å²) < 4.78 is 1.38. The maximum absolute atomic E-state index is 10.7. The molecule has 66 valence electrons. The van der Waals surface area contributed by atoms with Crippen molar-refractivity contribution in [1.82, 2.24) is 8.81 Å². The number of aromatic carboxylic acids is 1. The van der Waals surface area contributed by atoms with E-state index in [9.17, 15) is 4.79 Å². The highest BCUT2D eigenvalue weighted by molar-refractivity contribution is 9.08. The highest BCUT2D eigenvalue weighted by Crippen LogP contribution is 2.19. The molecule has 0 amide bonds. The number of fused-ring (bicyclic) bond motifs is 1. The highest BCUT2D eigenvalue weighted by atomic mass is 79.9. The van der Waals surface area contributed by atoms with E-state index in [4.69, 9.17) is 5.11 Å². The van der Waals surface area contributed by atoms with Crippen LogP contribution in [0, 0.1) is 0 Å². The van der Waals surface area contributed by atoms with Crippen molar-refractivity contribution in [2.45, 2.75) is 0 Å². The fourth-order valence-electron chi connectivity index (χ4n) is 1.19. The average molecular weight is 241 g/mol. The zero-order valence-electron chi connectivity index (χ0n) is 6.44. The van der Waals surface area contributed by atoms with E-state index in [1.54, 1.807) is 18.2 Å². The number of para-hydroxylation sites is 1. The molecule has 0 aliphatic carbocycles. The first kappa shape index (κ1) is 8.25. The first-order chi connectivity index (χ1) is 6.20. The Kier molecular flexibility index (Phi) is 1.81. The van der Waals surface area contributed by atoms with Gasteiger partial charge in [-0.2, -0.15) is 8.81 Å². The minimum Gasteiger partial charge on any atom is -0.476 e. The third-order valence-corrected chi connectivity index (χ3v) is 2.29. The lowest BCUT2D eigenvalue weighted by molar-refractivity contribution is 0.0692. The van der Waals surface area contributed by atoms with E-state index in [0.717, 1.165) is 5.52 Å². The van der Waals surface area contributed by atoms with Crippen molar-refractivity contribution in [2.75, 3.05) is 0 Å². The molecular formula is C8H5BrN2O2. The SMILES string of the molecule is O=C(O)c1nn(Br)c2ccccc12. The van der Waals surface area contributed by atoms with Crippen LogP contribution < -0.4 is 0 Å². The molecule has 0 saturated heterocycles. The molecule has 1 heterocycles. The van der Waals surface area contributed by atoms with Crippen molar-refractivity contribution < 1.29 is 9.90 Å². The third kappa shape index (κ3) is 1.21. The van der Waals surface area contributed by atoms with Gasteiger partial charge in [-0.1, -0.05) is 18.2 Å². The monoisotopic (exact) mass is 240 g/mol. The van der Waals surface area contributed by atoms with E-state index < -0.39 is 5.97 Å². The van der Waals surface area contributed by atoms with Crippen LogP contribution >= 0.6 is 16.1 Å². The molecule has 1 N–H and O–H groups in total. The molecule has 0 bridgehead atoms. The number of aromatic nitrogens is 2. The second-order valence-corrected chi connectivity index (χ2v) is 3.20. The summed E-state index contributed by atoms with van der Waals surface area (Å²) in [6.45, 7) is 0. The van der Waals surface area contributed by atoms with Gasteiger partial charge in [0.25, 0.3) is 0 Å². The Labute approximate surface area is 82.1 Å². The zero-order valence-corrected chi connectivity index (χ0v) is 8.02. The first-order valence-corrected chi connectivity index (χ1v) is 4.28. The van der Waals surface area contributed by atoms with Crippen molar-refractivity contribution >= 4 is 33.0 Å². The lowest BCUT2D eigenvalue weighted by Crippen LogP contribution is -1.97. The largest absolute Gasteiger partial charge is 0.476 e. The van der Waals surface area contributed by atoms with Gasteiger partial charge >= 0.3 is 5.97 Å². The van der Waals surface area contributed by atoms with Crippen LogP contribution in [-0.2, 0) is 0 Å². The van der Waals surface area contributed by atoms with Gasteiger partial charge in [0.1, 0.15) is 0 Å². The molecule has 5 heteroatoms. The van der Waals surface area contributed by atoms with Gasteiger partial charge in [0, 0.05) is 5.39 Å². The molecule has 0 aliphatic heterocycles. The van der Waals surface area contributed by atoms with E-state index in [0.29, 0.717) is 5.39 Å². The third-order valence-electron chi connectivity index (χ3n) is 1.75. The molecule has 0 saturated carbocycles. The molecule has 0 radical (unpaired) electrons. The van der Waals surface area contributed by atoms with Crippen LogP contribution in [0.2, 0.25) is 0 Å². The van der Waals surface area contributed by atoms with Crippen molar-refractivity contribution in [3.63, 3.8) is 0 Å². The Balaban J connectivity index is 2.85. The molecular weight excluding hydrogens is 236 g/mol. The summed E-state index contributed by atoms with van der Waals surface area (Å²) in [4.78, 5) is 10.7. The summed E-state index contributed by atoms with van der Waals surface area (Å²) >= 11 is 3.13. The fraction of sp³-hybridized carbons (Fsp3) is 0. The number of hydrogen-bond acceptors (Lipinski definition) is 2. The van der Waals surface area contributed by atoms with Crippen LogP contribution in [-0.4, -0.2) is 19.9 Å². The molecule has 13 heavy (non-hydrogen) atoms. The second kappa shape index (κ2) is 2.85. The number of benzene rings is 1. The van der Waals surface area contributed by atoms with Gasteiger partial charge in [-0.25, -0.2) is 4.79 Å². The van der Waals surface area contributed by atoms with Gasteiger partial charge in [-0.3, -0.25) is 0 Å². The lowest BCUT2D eigenvalue weighted by Gasteiger charge is -1.88. The molecule has 1 aromatic heterocycles. The van der Waals surface area contributed by atoms with Gasteiger partial charge in [-0.05, 0) is 6.07 Å². The normalized spacial score (nSPS) is 10.5. The number of carboxylic acid groups (broad SMARTS) is 1. The zero-order chi connectivity index (χ0) is 9.42. The van der Waals surface area contributed by atoms with E-state index in [1.165, 1.54) is 3.71 Å². The molecule has 0 spiro atoms. The summed E-state index contributed by atoms with van der Waals surface area (Å²) in [6.07, 6.45) is 0. The highest BCUT2D eigenvalue weighted by Gasteiger charge is 2.14. The van der Waals surface area contributed by atoms with Crippen LogP contribution in [0.1, 0.15) is 10.5 Å². The fourth-order valence-corrected chi connectivity index (χ4v) is 1.66. The van der Waals surface area contributed by atoms with Crippen LogP contribution in [0.5, 0.6) is 0 Å². The predicted molar refractivity (Wildman–Crippen MR) is 51.0 cm³/mol. The maximum atomic E-state index is 10.7. The number of halogens is 1. The number of rotatable bonds is 1. The van der Waals surface area contributed by atoms with Gasteiger partial charge in [0.05, 0.1) is 21.7 Å². The van der Waals surface area contributed by atoms with Crippen molar-refractivity contribution in [3.8, 4) is 0 Å². The molecule has 0 aliphatic rings. The van der Waals surface area contributed by atoms with Gasteiger partial charge in [0.2, 0.25) is 0 Å². The van der Waals surface area contributed by atoms with Gasteiger partial charge < -0.3 is 5.11 Å². The first-order valence-electron chi connectivity index (χ1n) is 3.57. The Morgan fingerprint density at radius 1 is 1.46 bits per heavy atom. The second-order valence-electron chi connectivity index (χ2n) is 2.53. The molecule has 2 aromatic rings. The predicted octanol–water partition coefficient (Wildman–Crippen LogP) is 1.89. The van der Waals surface area contributed by atoms with Crippen LogP contribution in [0.25, 0.3) is 10.9 Å². The molecule has 2 rings (SSSR count). The summed E-state index contributed by atoms with van der Waals surface area (Å²) in [5.41, 5.74) is 0.812. The molecule has 4 nitrogen and oxygen atoms in total. The maximum Gasteiger partial charge on any atom is 0.357 e. The summed E-state index contributed by atoms with van der Waals surface area (Å²) in [5.74, 6) is -1.02. The summed E-state index contributed by atoms with van der Waals surface area (Å²) in [5, 5.41) is 13.3. The minimum absolute atomic E-state index is 0.0625. The van der Waals surface area contributed by atoms with Crippen LogP contribution in [0.4, 0.5) is 0 Å². The average Bonchev–Trinajstić information content (AvgIpc) is 2.45. The smallest absolute Gasteiger partial charge is 0.357 e. The van der Waals surface area contributed by atoms with Gasteiger partial charge in [0.15, 0.2) is 5.69 Å². The van der Waals surface area contributed by atoms with Crippen molar-refractivity contribution in [3.05, 3.63) is 30.0 Å². The number of nitrogens with zero attached hydrogens (tertiary/aromatic N) is 2. The molecule has 1 aromatic carbocycles. The Hall–Kier alpha value is -1.36. The summed E-state index contributed by atoms with van der Waals surface area (Å²) in [6, 6.07) is 7.13. The number of carboxylic acids is 1. The van der Waals surface area contributed by atoms with Crippen LogP contribution in [0.15, 0.2) is 24.3 Å². The van der Waals surface area contributed by atoms with E-state index in [1.807, 2.05) is 6.07 Å². The number of carbonyl (C=O) groups is 1. The van der Waals surface area contributed by atoms with E-state index in [2.05, 4.69) is 21.2 Å². The topological polar surface area (TPSA) is 55.1 Å². The van der Waals surface area contributed by atoms with Crippen molar-refractivity contribution in [2.24, 2.45) is 0 Å². The minimum atomic E-state index is -1.02. The Morgan fingerprint density at radius 2 is 2.15 bits per heavy atom. The lowest BCUT2D eigenvalue weighted by atomic mass is 10.2. The quantitative estimate of drug-likeness (QED) is 0.829. The van der Waals surface area contributed by atoms with Crippen LogP contribution in [0.3, 0.4) is 0 Å². The van der Waals surface area contributed by atoms with E-state index in [-0.39, 0.29) is 5.69 Å². The molecule has 0 unspecified atom stereocenters. The van der Waals surface area contributed by atoms with Crippen molar-refractivity contribution in [1.29, 1.82) is 0 Å². The number of hydrogen-bond donors (Lipinski definition) is 1. The standard InChI is InChI=1S/C8H5BrN2O2/c9-11-6-4-2-1-3-5(6)7(10-11)8(12)13/h1-4H,(H,12,13). The summed E-state index contributed by atoms with van der Waals surface area (Å²) in [7, 11) is 0. The Bertz CT molecular complexity index is 478.